The molecule has 1 unspecified atom stereocenters. The van der Waals surface area contributed by atoms with Crippen molar-refractivity contribution in [3.05, 3.63) is 12.2 Å². The van der Waals surface area contributed by atoms with E-state index in [0.29, 0.717) is 6.42 Å². The molecule has 2 amide bonds. The van der Waals surface area contributed by atoms with Gasteiger partial charge in [0.2, 0.25) is 16.9 Å². The quantitative estimate of drug-likeness (QED) is 0.600. The van der Waals surface area contributed by atoms with Gasteiger partial charge in [-0.3, -0.25) is 14.4 Å². The zero-order chi connectivity index (χ0) is 10.6. The zero-order valence-corrected chi connectivity index (χ0v) is 8.17. The molecule has 1 atom stereocenters. The minimum atomic E-state index is -0.688. The first kappa shape index (κ1) is 10.8. The number of nitrogens with two attached hydrogens (primary N) is 1. The van der Waals surface area contributed by atoms with E-state index in [4.69, 9.17) is 5.73 Å². The lowest BCUT2D eigenvalue weighted by atomic mass is 10.2. The molecule has 3 N–H and O–H groups in total. The highest BCUT2D eigenvalue weighted by Crippen LogP contribution is 2.19. The smallest absolute Gasteiger partial charge is 0.244 e. The van der Waals surface area contributed by atoms with Gasteiger partial charge < -0.3 is 11.1 Å². The van der Waals surface area contributed by atoms with E-state index < -0.39 is 17.9 Å². The number of primary amides is 1. The number of thioether (sulfide) groups is 1. The molecule has 1 aliphatic rings. The summed E-state index contributed by atoms with van der Waals surface area (Å²) in [7, 11) is 0. The van der Waals surface area contributed by atoms with Crippen LogP contribution in [-0.2, 0) is 14.4 Å². The second-order valence-corrected chi connectivity index (χ2v) is 3.85. The summed E-state index contributed by atoms with van der Waals surface area (Å²) in [5.41, 5.74) is 4.80. The third-order valence-electron chi connectivity index (χ3n) is 1.65. The number of hydrogen-bond acceptors (Lipinski definition) is 4. The first-order valence-corrected chi connectivity index (χ1v) is 5.03. The van der Waals surface area contributed by atoms with Gasteiger partial charge in [0.1, 0.15) is 0 Å². The maximum absolute atomic E-state index is 11.1. The van der Waals surface area contributed by atoms with Gasteiger partial charge >= 0.3 is 0 Å². The Labute approximate surface area is 85.1 Å². The van der Waals surface area contributed by atoms with Crippen LogP contribution < -0.4 is 11.1 Å². The second-order valence-electron chi connectivity index (χ2n) is 2.75. The Hall–Kier alpha value is -1.30. The molecule has 0 bridgehead atoms. The summed E-state index contributed by atoms with van der Waals surface area (Å²) in [5, 5.41) is 2.44. The summed E-state index contributed by atoms with van der Waals surface area (Å²) < 4.78 is 0. The summed E-state index contributed by atoms with van der Waals surface area (Å²) in [6, 6.07) is -0.426. The van der Waals surface area contributed by atoms with Gasteiger partial charge in [-0.2, -0.15) is 0 Å². The Morgan fingerprint density at radius 3 is 2.71 bits per heavy atom. The summed E-state index contributed by atoms with van der Waals surface area (Å²) in [5.74, 6) is -0.430. The number of carbonyl (C=O) groups excluding carboxylic acids is 3. The van der Waals surface area contributed by atoms with E-state index in [1.54, 1.807) is 0 Å². The van der Waals surface area contributed by atoms with Gasteiger partial charge in [-0.15, -0.1) is 0 Å². The lowest BCUT2D eigenvalue weighted by molar-refractivity contribution is -0.121. The van der Waals surface area contributed by atoms with Gasteiger partial charge in [0.05, 0.1) is 6.04 Å². The predicted octanol–water partition coefficient (Wildman–Crippen LogP) is -0.824. The van der Waals surface area contributed by atoms with Crippen molar-refractivity contribution in [2.45, 2.75) is 12.5 Å². The van der Waals surface area contributed by atoms with Crippen LogP contribution in [-0.4, -0.2) is 28.7 Å². The lowest BCUT2D eigenvalue weighted by Crippen LogP contribution is -2.36. The summed E-state index contributed by atoms with van der Waals surface area (Å²) in [4.78, 5) is 32.5. The summed E-state index contributed by atoms with van der Waals surface area (Å²) in [6.45, 7) is 0. The van der Waals surface area contributed by atoms with Crippen LogP contribution in [0.15, 0.2) is 12.2 Å². The minimum Gasteiger partial charge on any atom is -0.366 e. The van der Waals surface area contributed by atoms with Crippen molar-refractivity contribution in [1.82, 2.24) is 5.32 Å². The van der Waals surface area contributed by atoms with Crippen LogP contribution in [0.2, 0.25) is 0 Å². The van der Waals surface area contributed by atoms with E-state index in [1.807, 2.05) is 0 Å². The molecular weight excluding hydrogens is 204 g/mol. The van der Waals surface area contributed by atoms with Crippen LogP contribution in [0.3, 0.4) is 0 Å². The standard InChI is InChI=1S/C8H10N2O3S/c9-6(11)1-2-7(12)10-5-3-4-14-8(5)13/h1-2,5H,3-4H2,(H2,9,11)(H,10,12)/b2-1-. The molecule has 0 aliphatic carbocycles. The molecule has 6 heteroatoms. The number of nitrogens with one attached hydrogen (secondary N) is 1. The van der Waals surface area contributed by atoms with Crippen molar-refractivity contribution < 1.29 is 14.4 Å². The monoisotopic (exact) mass is 214 g/mol. The molecule has 0 aromatic rings. The minimum absolute atomic E-state index is 0.0363. The topological polar surface area (TPSA) is 89.3 Å². The molecule has 0 saturated carbocycles. The van der Waals surface area contributed by atoms with Gasteiger partial charge in [-0.1, -0.05) is 11.8 Å². The van der Waals surface area contributed by atoms with Crippen molar-refractivity contribution in [2.75, 3.05) is 5.75 Å². The lowest BCUT2D eigenvalue weighted by Gasteiger charge is -2.06. The van der Waals surface area contributed by atoms with Crippen LogP contribution in [0.5, 0.6) is 0 Å². The normalized spacial score (nSPS) is 21.4. The molecule has 1 saturated heterocycles. The van der Waals surface area contributed by atoms with Crippen molar-refractivity contribution >= 4 is 28.7 Å². The van der Waals surface area contributed by atoms with E-state index in [2.05, 4.69) is 5.32 Å². The molecule has 14 heavy (non-hydrogen) atoms. The molecule has 1 rings (SSSR count). The van der Waals surface area contributed by atoms with Crippen molar-refractivity contribution in [3.8, 4) is 0 Å². The highest BCUT2D eigenvalue weighted by Gasteiger charge is 2.25. The highest BCUT2D eigenvalue weighted by atomic mass is 32.2. The van der Waals surface area contributed by atoms with E-state index in [-0.39, 0.29) is 5.12 Å². The van der Waals surface area contributed by atoms with E-state index >= 15 is 0 Å². The second kappa shape index (κ2) is 4.80. The van der Waals surface area contributed by atoms with E-state index in [0.717, 1.165) is 17.9 Å². The number of amides is 2. The number of carbonyl (C=O) groups is 3. The van der Waals surface area contributed by atoms with Gasteiger partial charge in [0, 0.05) is 17.9 Å². The average Bonchev–Trinajstić information content (AvgIpc) is 2.49. The summed E-state index contributed by atoms with van der Waals surface area (Å²) in [6.07, 6.45) is 2.63. The largest absolute Gasteiger partial charge is 0.366 e. The fraction of sp³-hybridized carbons (Fsp3) is 0.375. The molecule has 1 heterocycles. The van der Waals surface area contributed by atoms with Gasteiger partial charge in [0.15, 0.2) is 0 Å². The zero-order valence-electron chi connectivity index (χ0n) is 7.36. The van der Waals surface area contributed by atoms with Gasteiger partial charge in [-0.25, -0.2) is 0 Å². The Morgan fingerprint density at radius 1 is 1.50 bits per heavy atom. The van der Waals surface area contributed by atoms with Crippen molar-refractivity contribution in [2.24, 2.45) is 5.73 Å². The van der Waals surface area contributed by atoms with Crippen molar-refractivity contribution in [3.63, 3.8) is 0 Å². The molecule has 0 spiro atoms. The molecule has 5 nitrogen and oxygen atoms in total. The first-order chi connectivity index (χ1) is 6.59. The third kappa shape index (κ3) is 3.21. The fourth-order valence-electron chi connectivity index (χ4n) is 1.00. The summed E-state index contributed by atoms with van der Waals surface area (Å²) >= 11 is 1.20. The van der Waals surface area contributed by atoms with Crippen LogP contribution >= 0.6 is 11.8 Å². The SMILES string of the molecule is NC(=O)/C=C\C(=O)NC1CCSC1=O. The molecule has 1 aliphatic heterocycles. The fourth-order valence-corrected chi connectivity index (χ4v) is 1.94. The maximum atomic E-state index is 11.1. The average molecular weight is 214 g/mol. The van der Waals surface area contributed by atoms with Crippen LogP contribution in [0, 0.1) is 0 Å². The van der Waals surface area contributed by atoms with Crippen LogP contribution in [0.4, 0.5) is 0 Å². The van der Waals surface area contributed by atoms with Crippen molar-refractivity contribution in [1.29, 1.82) is 0 Å². The highest BCUT2D eigenvalue weighted by molar-refractivity contribution is 8.14. The van der Waals surface area contributed by atoms with Crippen LogP contribution in [0.1, 0.15) is 6.42 Å². The van der Waals surface area contributed by atoms with E-state index in [9.17, 15) is 14.4 Å². The Bertz CT molecular complexity index is 301. The van der Waals surface area contributed by atoms with E-state index in [1.165, 1.54) is 11.8 Å². The first-order valence-electron chi connectivity index (χ1n) is 4.04. The maximum Gasteiger partial charge on any atom is 0.244 e. The Balaban J connectivity index is 2.40. The molecule has 1 fully saturated rings. The predicted molar refractivity (Wildman–Crippen MR) is 52.3 cm³/mol. The molecule has 76 valence electrons. The third-order valence-corrected chi connectivity index (χ3v) is 2.66. The number of hydrogen-bond donors (Lipinski definition) is 2. The van der Waals surface area contributed by atoms with Crippen LogP contribution in [0.25, 0.3) is 0 Å². The molecule has 0 aromatic heterocycles. The molecule has 0 radical (unpaired) electrons. The van der Waals surface area contributed by atoms with Gasteiger partial charge in [0.25, 0.3) is 0 Å². The Morgan fingerprint density at radius 2 is 2.21 bits per heavy atom. The van der Waals surface area contributed by atoms with Gasteiger partial charge in [-0.05, 0) is 6.42 Å². The Kier molecular flexibility index (Phi) is 3.70. The molecule has 0 aromatic carbocycles. The molecular formula is C8H10N2O3S. The number of rotatable bonds is 3.